The summed E-state index contributed by atoms with van der Waals surface area (Å²) in [4.78, 5) is 25.4. The number of amides is 2. The Bertz CT molecular complexity index is 1790. The highest BCUT2D eigenvalue weighted by Gasteiger charge is 2.47. The van der Waals surface area contributed by atoms with Crippen LogP contribution in [0.4, 0.5) is 13.2 Å². The molecule has 0 radical (unpaired) electrons. The van der Waals surface area contributed by atoms with Crippen molar-refractivity contribution in [1.82, 2.24) is 20.4 Å². The summed E-state index contributed by atoms with van der Waals surface area (Å²) in [5.74, 6) is -1.93. The van der Waals surface area contributed by atoms with Crippen LogP contribution in [0.3, 0.4) is 0 Å². The molecule has 0 aliphatic carbocycles. The van der Waals surface area contributed by atoms with E-state index in [2.05, 4.69) is 22.4 Å². The Kier molecular flexibility index (Phi) is 11.2. The number of carbonyl (C=O) groups is 2. The number of carbonyl (C=O) groups excluding carboxylic acids is 2. The number of rotatable bonds is 10. The van der Waals surface area contributed by atoms with Crippen LogP contribution < -0.4 is 5.32 Å². The topological polar surface area (TPSA) is 114 Å². The van der Waals surface area contributed by atoms with E-state index in [-0.39, 0.29) is 44.2 Å². The minimum atomic E-state index is -5.03. The van der Waals surface area contributed by atoms with Crippen molar-refractivity contribution in [3.8, 4) is 11.1 Å². The zero-order valence-corrected chi connectivity index (χ0v) is 29.1. The first kappa shape index (κ1) is 36.0. The molecule has 0 bridgehead atoms. The smallest absolute Gasteiger partial charge is 0.392 e. The summed E-state index contributed by atoms with van der Waals surface area (Å²) in [6.45, 7) is 3.96. The van der Waals surface area contributed by atoms with Gasteiger partial charge < -0.3 is 24.8 Å². The van der Waals surface area contributed by atoms with E-state index in [1.54, 1.807) is 23.1 Å². The van der Waals surface area contributed by atoms with Gasteiger partial charge in [0.15, 0.2) is 10.6 Å². The fraction of sp³-hybridized carbons (Fsp3) is 0.389. The highest BCUT2D eigenvalue weighted by molar-refractivity contribution is 8.01. The van der Waals surface area contributed by atoms with Gasteiger partial charge in [0.05, 0.1) is 18.8 Å². The highest BCUT2D eigenvalue weighted by atomic mass is 32.2. The molecule has 0 unspecified atom stereocenters. The summed E-state index contributed by atoms with van der Waals surface area (Å²) in [5.41, 5.74) is 5.11. The van der Waals surface area contributed by atoms with Crippen molar-refractivity contribution < 1.29 is 37.3 Å². The van der Waals surface area contributed by atoms with Crippen molar-refractivity contribution in [2.75, 3.05) is 12.3 Å². The van der Waals surface area contributed by atoms with Gasteiger partial charge in [-0.2, -0.15) is 13.2 Å². The lowest BCUT2D eigenvalue weighted by atomic mass is 9.91. The molecule has 4 aromatic rings. The van der Waals surface area contributed by atoms with Crippen LogP contribution >= 0.6 is 23.1 Å². The number of ether oxygens (including phenoxy) is 2. The van der Waals surface area contributed by atoms with Crippen molar-refractivity contribution in [2.45, 2.75) is 74.9 Å². The van der Waals surface area contributed by atoms with Crippen LogP contribution in [0.1, 0.15) is 59.4 Å². The van der Waals surface area contributed by atoms with Crippen LogP contribution in [0.2, 0.25) is 0 Å². The van der Waals surface area contributed by atoms with Gasteiger partial charge in [-0.3, -0.25) is 9.59 Å². The first-order valence-electron chi connectivity index (χ1n) is 16.3. The van der Waals surface area contributed by atoms with Gasteiger partial charge in [0, 0.05) is 30.3 Å². The van der Waals surface area contributed by atoms with Gasteiger partial charge in [-0.1, -0.05) is 103 Å². The molecular weight excluding hydrogens is 690 g/mol. The summed E-state index contributed by atoms with van der Waals surface area (Å²) >= 11 is 3.14. The van der Waals surface area contributed by atoms with Gasteiger partial charge >= 0.3 is 12.1 Å². The van der Waals surface area contributed by atoms with Gasteiger partial charge in [0.1, 0.15) is 11.0 Å². The third-order valence-corrected chi connectivity index (χ3v) is 11.1. The molecule has 2 amide bonds. The molecule has 2 saturated heterocycles. The van der Waals surface area contributed by atoms with Crippen LogP contribution in [0.25, 0.3) is 11.1 Å². The normalized spacial score (nSPS) is 22.4. The minimum absolute atomic E-state index is 0.0111. The maximum absolute atomic E-state index is 13.1. The number of nitrogens with zero attached hydrogens (tertiary/aromatic N) is 3. The second kappa shape index (κ2) is 15.6. The van der Waals surface area contributed by atoms with E-state index in [1.165, 1.54) is 0 Å². The zero-order valence-electron chi connectivity index (χ0n) is 27.4. The van der Waals surface area contributed by atoms with Crippen LogP contribution in [0.15, 0.2) is 77.1 Å². The van der Waals surface area contributed by atoms with Crippen LogP contribution in [-0.2, 0) is 32.2 Å². The lowest BCUT2D eigenvalue weighted by Gasteiger charge is -2.41. The summed E-state index contributed by atoms with van der Waals surface area (Å²) in [6, 6.07) is 21.8. The number of aliphatic hydroxyl groups is 1. The zero-order chi connectivity index (χ0) is 35.4. The van der Waals surface area contributed by atoms with E-state index in [1.807, 2.05) is 79.7 Å². The van der Waals surface area contributed by atoms with Crippen LogP contribution in [-0.4, -0.2) is 62.6 Å². The molecule has 14 heteroatoms. The Balaban J connectivity index is 1.17. The number of aliphatic hydroxyl groups excluding tert-OH is 1. The molecule has 3 aromatic carbocycles. The van der Waals surface area contributed by atoms with Gasteiger partial charge in [0.2, 0.25) is 5.91 Å². The summed E-state index contributed by atoms with van der Waals surface area (Å²) < 4.78 is 53.3. The van der Waals surface area contributed by atoms with E-state index in [9.17, 15) is 27.9 Å². The standard InChI is InChI=1S/C36H37F3N4O5S2/c1-21-30(20-49-35-42-41-22(2)50-35)47-33(48-31(21)25-11-9-23(19-44)10-12-25)26-15-13-24(14-16-26)28-7-4-3-6-27(28)18-40-32(45)29-8-5-17-43(29)34(46)36(37,38)39/h3-4,6-7,9-16,21,29-31,33,44H,5,8,17-20H2,1-2H3,(H,40,45)/t21-,29-,30+,31+,33+/m0/s1. The van der Waals surface area contributed by atoms with E-state index in [4.69, 9.17) is 9.47 Å². The van der Waals surface area contributed by atoms with E-state index in [0.29, 0.717) is 17.1 Å². The predicted octanol–water partition coefficient (Wildman–Crippen LogP) is 6.76. The Morgan fingerprint density at radius 2 is 1.74 bits per heavy atom. The molecule has 0 spiro atoms. The second-order valence-electron chi connectivity index (χ2n) is 12.4. The fourth-order valence-electron chi connectivity index (χ4n) is 6.32. The number of hydrogen-bond donors (Lipinski definition) is 2. The number of thioether (sulfide) groups is 1. The van der Waals surface area contributed by atoms with Crippen molar-refractivity contribution in [1.29, 1.82) is 0 Å². The Labute approximate surface area is 296 Å². The third kappa shape index (κ3) is 8.21. The number of nitrogens with one attached hydrogen (secondary N) is 1. The maximum Gasteiger partial charge on any atom is 0.471 e. The molecule has 2 fully saturated rings. The number of halogens is 3. The van der Waals surface area contributed by atoms with Crippen LogP contribution in [0.5, 0.6) is 0 Å². The molecular formula is C36H37F3N4O5S2. The monoisotopic (exact) mass is 726 g/mol. The molecule has 5 atom stereocenters. The Morgan fingerprint density at radius 3 is 2.42 bits per heavy atom. The molecule has 2 N–H and O–H groups in total. The van der Waals surface area contributed by atoms with Crippen molar-refractivity contribution in [2.24, 2.45) is 5.92 Å². The predicted molar refractivity (Wildman–Crippen MR) is 183 cm³/mol. The lowest BCUT2D eigenvalue weighted by Crippen LogP contribution is -2.50. The summed E-state index contributed by atoms with van der Waals surface area (Å²) in [5, 5.41) is 21.6. The molecule has 264 valence electrons. The van der Waals surface area contributed by atoms with Crippen molar-refractivity contribution in [3.05, 3.63) is 100 Å². The first-order valence-corrected chi connectivity index (χ1v) is 18.1. The maximum atomic E-state index is 13.1. The van der Waals surface area contributed by atoms with Crippen molar-refractivity contribution >= 4 is 34.9 Å². The number of aryl methyl sites for hydroxylation is 1. The fourth-order valence-corrected chi connectivity index (χ4v) is 8.33. The van der Waals surface area contributed by atoms with Gasteiger partial charge in [-0.25, -0.2) is 0 Å². The first-order chi connectivity index (χ1) is 24.0. The van der Waals surface area contributed by atoms with Gasteiger partial charge in [-0.05, 0) is 47.6 Å². The molecule has 1 aromatic heterocycles. The minimum Gasteiger partial charge on any atom is -0.392 e. The molecule has 6 rings (SSSR count). The molecule has 50 heavy (non-hydrogen) atoms. The van der Waals surface area contributed by atoms with Gasteiger partial charge in [-0.15, -0.1) is 10.2 Å². The molecule has 2 aliphatic rings. The lowest BCUT2D eigenvalue weighted by molar-refractivity contribution is -0.268. The number of alkyl halides is 3. The highest BCUT2D eigenvalue weighted by Crippen LogP contribution is 2.43. The number of benzene rings is 3. The molecule has 0 saturated carbocycles. The largest absolute Gasteiger partial charge is 0.471 e. The third-order valence-electron chi connectivity index (χ3n) is 9.03. The quantitative estimate of drug-likeness (QED) is 0.173. The van der Waals surface area contributed by atoms with Crippen LogP contribution in [0, 0.1) is 12.8 Å². The van der Waals surface area contributed by atoms with E-state index >= 15 is 0 Å². The number of likely N-dealkylation sites (tertiary alicyclic amines) is 1. The van der Waals surface area contributed by atoms with E-state index < -0.39 is 30.3 Å². The Hall–Kier alpha value is -3.82. The van der Waals surface area contributed by atoms with Gasteiger partial charge in [0.25, 0.3) is 0 Å². The SMILES string of the molecule is Cc1nnc(SC[C@H]2O[C@@H](c3ccc(-c4ccccc4CNC(=O)[C@@H]4CCCN4C(=O)C(F)(F)F)cc3)O[C@@H](c3ccc(CO)cc3)[C@H]2C)s1. The molecule has 9 nitrogen and oxygen atoms in total. The van der Waals surface area contributed by atoms with Crippen molar-refractivity contribution in [3.63, 3.8) is 0 Å². The molecule has 2 aliphatic heterocycles. The second-order valence-corrected chi connectivity index (χ2v) is 14.8. The summed E-state index contributed by atoms with van der Waals surface area (Å²) in [6.07, 6.45) is -5.62. The number of aromatic nitrogens is 2. The van der Waals surface area contributed by atoms with E-state index in [0.717, 1.165) is 42.7 Å². The molecule has 3 heterocycles. The average molecular weight is 727 g/mol. The summed E-state index contributed by atoms with van der Waals surface area (Å²) in [7, 11) is 0. The number of hydrogen-bond acceptors (Lipinski definition) is 9. The Morgan fingerprint density at radius 1 is 1.02 bits per heavy atom. The average Bonchev–Trinajstić information content (AvgIpc) is 3.79.